The molecule has 1 aromatic rings. The Morgan fingerprint density at radius 3 is 2.28 bits per heavy atom. The summed E-state index contributed by atoms with van der Waals surface area (Å²) in [6, 6.07) is 9.03. The van der Waals surface area contributed by atoms with E-state index in [2.05, 4.69) is 36.1 Å². The Balaban J connectivity index is 1.80. The lowest BCUT2D eigenvalue weighted by atomic mass is 10.0. The van der Waals surface area contributed by atoms with Gasteiger partial charge in [-0.3, -0.25) is 0 Å². The van der Waals surface area contributed by atoms with Gasteiger partial charge in [-0.15, -0.1) is 0 Å². The second-order valence-corrected chi connectivity index (χ2v) is 5.66. The molecule has 0 aliphatic carbocycles. The lowest BCUT2D eigenvalue weighted by molar-refractivity contribution is 0.266. The highest BCUT2D eigenvalue weighted by Gasteiger charge is 2.13. The van der Waals surface area contributed by atoms with Gasteiger partial charge in [0.05, 0.1) is 0 Å². The van der Waals surface area contributed by atoms with Crippen LogP contribution in [0.15, 0.2) is 24.3 Å². The molecule has 2 N–H and O–H groups in total. The maximum absolute atomic E-state index is 6.28. The van der Waals surface area contributed by atoms with Crippen molar-refractivity contribution in [3.05, 3.63) is 35.4 Å². The number of benzene rings is 1. The predicted octanol–water partition coefficient (Wildman–Crippen LogP) is 2.74. The first-order chi connectivity index (χ1) is 8.74. The number of nitrogens with two attached hydrogens (primary N) is 1. The highest BCUT2D eigenvalue weighted by molar-refractivity contribution is 5.22. The molecule has 0 radical (unpaired) electrons. The summed E-state index contributed by atoms with van der Waals surface area (Å²) in [5.41, 5.74) is 8.97. The molecular weight excluding hydrogens is 220 g/mol. The third-order valence-corrected chi connectivity index (χ3v) is 3.81. The molecule has 2 nitrogen and oxygen atoms in total. The highest BCUT2D eigenvalue weighted by atomic mass is 15.1. The van der Waals surface area contributed by atoms with Crippen molar-refractivity contribution in [2.45, 2.75) is 45.1 Å². The number of nitrogens with zero attached hydrogens (tertiary/aromatic N) is 1. The summed E-state index contributed by atoms with van der Waals surface area (Å²) in [6.45, 7) is 5.65. The number of rotatable bonds is 4. The Morgan fingerprint density at radius 1 is 1.06 bits per heavy atom. The number of likely N-dealkylation sites (tertiary alicyclic amines) is 1. The van der Waals surface area contributed by atoms with E-state index in [4.69, 9.17) is 5.73 Å². The number of hydrogen-bond donors (Lipinski definition) is 1. The van der Waals surface area contributed by atoms with E-state index in [0.29, 0.717) is 0 Å². The van der Waals surface area contributed by atoms with Gasteiger partial charge in [0.2, 0.25) is 0 Å². The predicted molar refractivity (Wildman–Crippen MR) is 77.8 cm³/mol. The van der Waals surface area contributed by atoms with Gasteiger partial charge in [0.15, 0.2) is 0 Å². The van der Waals surface area contributed by atoms with E-state index in [1.807, 2.05) is 0 Å². The Morgan fingerprint density at radius 2 is 1.67 bits per heavy atom. The van der Waals surface area contributed by atoms with Crippen LogP contribution in [0.25, 0.3) is 0 Å². The molecule has 1 unspecified atom stereocenters. The molecule has 18 heavy (non-hydrogen) atoms. The van der Waals surface area contributed by atoms with Gasteiger partial charge in [-0.2, -0.15) is 0 Å². The van der Waals surface area contributed by atoms with Crippen molar-refractivity contribution < 1.29 is 0 Å². The Bertz CT molecular complexity index is 337. The monoisotopic (exact) mass is 246 g/mol. The first-order valence-electron chi connectivity index (χ1n) is 7.27. The SMILES string of the molecule is Cc1ccc(CC(N)CN2CCCCCC2)cc1. The van der Waals surface area contributed by atoms with Crippen molar-refractivity contribution in [1.29, 1.82) is 0 Å². The maximum atomic E-state index is 6.28. The summed E-state index contributed by atoms with van der Waals surface area (Å²) in [6.07, 6.45) is 6.47. The largest absolute Gasteiger partial charge is 0.326 e. The molecule has 0 saturated carbocycles. The van der Waals surface area contributed by atoms with E-state index in [-0.39, 0.29) is 6.04 Å². The molecule has 0 spiro atoms. The zero-order chi connectivity index (χ0) is 12.8. The van der Waals surface area contributed by atoms with E-state index in [1.54, 1.807) is 0 Å². The van der Waals surface area contributed by atoms with Gasteiger partial charge >= 0.3 is 0 Å². The van der Waals surface area contributed by atoms with Crippen LogP contribution in [-0.4, -0.2) is 30.6 Å². The maximum Gasteiger partial charge on any atom is 0.0208 e. The van der Waals surface area contributed by atoms with Gasteiger partial charge in [0.1, 0.15) is 0 Å². The van der Waals surface area contributed by atoms with Gasteiger partial charge in [-0.25, -0.2) is 0 Å². The zero-order valence-electron chi connectivity index (χ0n) is 11.6. The standard InChI is InChI=1S/C16H26N2/c1-14-6-8-15(9-7-14)12-16(17)13-18-10-4-2-3-5-11-18/h6-9,16H,2-5,10-13,17H2,1H3. The Labute approximate surface area is 111 Å². The first-order valence-corrected chi connectivity index (χ1v) is 7.27. The van der Waals surface area contributed by atoms with Crippen LogP contribution in [0.5, 0.6) is 0 Å². The van der Waals surface area contributed by atoms with Gasteiger partial charge < -0.3 is 10.6 Å². The van der Waals surface area contributed by atoms with Crippen LogP contribution in [-0.2, 0) is 6.42 Å². The Kier molecular flexibility index (Phi) is 5.21. The summed E-state index contributed by atoms with van der Waals surface area (Å²) in [5.74, 6) is 0. The molecule has 1 saturated heterocycles. The number of hydrogen-bond acceptors (Lipinski definition) is 2. The molecule has 100 valence electrons. The summed E-state index contributed by atoms with van der Waals surface area (Å²) in [4.78, 5) is 2.55. The molecular formula is C16H26N2. The molecule has 1 aromatic carbocycles. The zero-order valence-corrected chi connectivity index (χ0v) is 11.6. The minimum Gasteiger partial charge on any atom is -0.326 e. The summed E-state index contributed by atoms with van der Waals surface area (Å²) >= 11 is 0. The van der Waals surface area contributed by atoms with Crippen LogP contribution in [0.2, 0.25) is 0 Å². The van der Waals surface area contributed by atoms with Crippen LogP contribution in [0, 0.1) is 6.92 Å². The van der Waals surface area contributed by atoms with E-state index in [9.17, 15) is 0 Å². The normalized spacial score (nSPS) is 19.4. The average Bonchev–Trinajstić information content (AvgIpc) is 2.61. The van der Waals surface area contributed by atoms with Crippen LogP contribution in [0.1, 0.15) is 36.8 Å². The van der Waals surface area contributed by atoms with E-state index >= 15 is 0 Å². The van der Waals surface area contributed by atoms with Gasteiger partial charge in [-0.1, -0.05) is 42.7 Å². The second kappa shape index (κ2) is 6.91. The fraction of sp³-hybridized carbons (Fsp3) is 0.625. The molecule has 2 rings (SSSR count). The molecule has 2 heteroatoms. The highest BCUT2D eigenvalue weighted by Crippen LogP contribution is 2.11. The summed E-state index contributed by atoms with van der Waals surface area (Å²) < 4.78 is 0. The van der Waals surface area contributed by atoms with E-state index in [0.717, 1.165) is 13.0 Å². The molecule has 0 bridgehead atoms. The minimum absolute atomic E-state index is 0.269. The van der Waals surface area contributed by atoms with E-state index in [1.165, 1.54) is 49.9 Å². The molecule has 1 heterocycles. The summed E-state index contributed by atoms with van der Waals surface area (Å²) in [7, 11) is 0. The van der Waals surface area contributed by atoms with Crippen LogP contribution >= 0.6 is 0 Å². The smallest absolute Gasteiger partial charge is 0.0208 e. The molecule has 1 atom stereocenters. The van der Waals surface area contributed by atoms with E-state index < -0.39 is 0 Å². The van der Waals surface area contributed by atoms with Gasteiger partial charge in [0.25, 0.3) is 0 Å². The molecule has 1 fully saturated rings. The second-order valence-electron chi connectivity index (χ2n) is 5.66. The van der Waals surface area contributed by atoms with Crippen molar-refractivity contribution in [3.63, 3.8) is 0 Å². The van der Waals surface area contributed by atoms with Crippen LogP contribution < -0.4 is 5.73 Å². The average molecular weight is 246 g/mol. The third-order valence-electron chi connectivity index (χ3n) is 3.81. The van der Waals surface area contributed by atoms with Crippen molar-refractivity contribution in [3.8, 4) is 0 Å². The lowest BCUT2D eigenvalue weighted by Crippen LogP contribution is -2.39. The molecule has 0 amide bonds. The molecule has 0 aromatic heterocycles. The topological polar surface area (TPSA) is 29.3 Å². The van der Waals surface area contributed by atoms with Crippen molar-refractivity contribution in [2.75, 3.05) is 19.6 Å². The Hall–Kier alpha value is -0.860. The summed E-state index contributed by atoms with van der Waals surface area (Å²) in [5, 5.41) is 0. The van der Waals surface area contributed by atoms with Crippen molar-refractivity contribution >= 4 is 0 Å². The van der Waals surface area contributed by atoms with Gasteiger partial charge in [-0.05, 0) is 44.8 Å². The molecule has 1 aliphatic heterocycles. The van der Waals surface area contributed by atoms with Crippen LogP contribution in [0.3, 0.4) is 0 Å². The number of aryl methyl sites for hydroxylation is 1. The van der Waals surface area contributed by atoms with Crippen molar-refractivity contribution in [1.82, 2.24) is 4.90 Å². The fourth-order valence-electron chi connectivity index (χ4n) is 2.74. The third kappa shape index (κ3) is 4.43. The minimum atomic E-state index is 0.269. The van der Waals surface area contributed by atoms with Crippen molar-refractivity contribution in [2.24, 2.45) is 5.73 Å². The van der Waals surface area contributed by atoms with Gasteiger partial charge in [0, 0.05) is 12.6 Å². The quantitative estimate of drug-likeness (QED) is 0.885. The fourth-order valence-corrected chi connectivity index (χ4v) is 2.74. The lowest BCUT2D eigenvalue weighted by Gasteiger charge is -2.23. The van der Waals surface area contributed by atoms with Crippen LogP contribution in [0.4, 0.5) is 0 Å². The first kappa shape index (κ1) is 13.6. The molecule has 1 aliphatic rings.